The van der Waals surface area contributed by atoms with Crippen LogP contribution in [0, 0.1) is 6.92 Å². The lowest BCUT2D eigenvalue weighted by atomic mass is 10.0. The lowest BCUT2D eigenvalue weighted by Crippen LogP contribution is -2.44. The summed E-state index contributed by atoms with van der Waals surface area (Å²) in [5.74, 6) is 0.0125. The van der Waals surface area contributed by atoms with E-state index in [0.29, 0.717) is 17.7 Å². The predicted molar refractivity (Wildman–Crippen MR) is 82.9 cm³/mol. The minimum atomic E-state index is -0.00523. The number of nitrogens with zero attached hydrogens (tertiary/aromatic N) is 1. The van der Waals surface area contributed by atoms with E-state index in [1.807, 2.05) is 25.8 Å². The van der Waals surface area contributed by atoms with Crippen LogP contribution < -0.4 is 5.32 Å². The maximum absolute atomic E-state index is 12.8. The minimum absolute atomic E-state index is 0.00523. The van der Waals surface area contributed by atoms with Gasteiger partial charge in [-0.1, -0.05) is 6.92 Å². The standard InChI is InChI=1S/C16H25N3O2/c1-5-13-14(11(3)20)10(2)18-15(13)16(21)19(4)12-6-8-17-9-7-12/h12,17-18H,5-9H2,1-4H3. The van der Waals surface area contributed by atoms with Crippen LogP contribution in [0.25, 0.3) is 0 Å². The Morgan fingerprint density at radius 1 is 1.29 bits per heavy atom. The summed E-state index contributed by atoms with van der Waals surface area (Å²) >= 11 is 0. The molecule has 1 amide bonds. The number of amides is 1. The molecule has 1 saturated heterocycles. The maximum Gasteiger partial charge on any atom is 0.270 e. The van der Waals surface area contributed by atoms with E-state index < -0.39 is 0 Å². The van der Waals surface area contributed by atoms with E-state index in [1.165, 1.54) is 0 Å². The lowest BCUT2D eigenvalue weighted by Gasteiger charge is -2.31. The second-order valence-corrected chi connectivity index (χ2v) is 5.79. The van der Waals surface area contributed by atoms with Crippen molar-refractivity contribution in [2.45, 2.75) is 46.1 Å². The fourth-order valence-corrected chi connectivity index (χ4v) is 3.23. The Morgan fingerprint density at radius 2 is 1.90 bits per heavy atom. The molecule has 1 fully saturated rings. The van der Waals surface area contributed by atoms with Crippen LogP contribution >= 0.6 is 0 Å². The Kier molecular flexibility index (Phi) is 4.83. The number of rotatable bonds is 4. The molecule has 2 heterocycles. The highest BCUT2D eigenvalue weighted by Gasteiger charge is 2.27. The summed E-state index contributed by atoms with van der Waals surface area (Å²) in [4.78, 5) is 29.5. The molecule has 21 heavy (non-hydrogen) atoms. The van der Waals surface area contributed by atoms with Crippen molar-refractivity contribution in [3.63, 3.8) is 0 Å². The van der Waals surface area contributed by atoms with Crippen LogP contribution in [0.1, 0.15) is 58.8 Å². The largest absolute Gasteiger partial charge is 0.354 e. The van der Waals surface area contributed by atoms with Crippen LogP contribution in [-0.4, -0.2) is 47.8 Å². The number of aromatic amines is 1. The Balaban J connectivity index is 2.30. The van der Waals surface area contributed by atoms with Crippen molar-refractivity contribution in [2.75, 3.05) is 20.1 Å². The molecule has 1 aliphatic heterocycles. The third-order valence-corrected chi connectivity index (χ3v) is 4.39. The van der Waals surface area contributed by atoms with Crippen molar-refractivity contribution in [3.05, 3.63) is 22.5 Å². The number of H-pyrrole nitrogens is 1. The van der Waals surface area contributed by atoms with E-state index in [1.54, 1.807) is 6.92 Å². The molecular weight excluding hydrogens is 266 g/mol. The second-order valence-electron chi connectivity index (χ2n) is 5.79. The molecule has 0 saturated carbocycles. The highest BCUT2D eigenvalue weighted by molar-refractivity contribution is 6.02. The molecule has 116 valence electrons. The SMILES string of the molecule is CCc1c(C(=O)N(C)C2CCNCC2)[nH]c(C)c1C(C)=O. The summed E-state index contributed by atoms with van der Waals surface area (Å²) < 4.78 is 0. The van der Waals surface area contributed by atoms with Crippen molar-refractivity contribution >= 4 is 11.7 Å². The van der Waals surface area contributed by atoms with Gasteiger partial charge in [-0.2, -0.15) is 0 Å². The third-order valence-electron chi connectivity index (χ3n) is 4.39. The average molecular weight is 291 g/mol. The Labute approximate surface area is 126 Å². The van der Waals surface area contributed by atoms with Crippen LogP contribution in [0.5, 0.6) is 0 Å². The summed E-state index contributed by atoms with van der Waals surface area (Å²) in [5, 5.41) is 3.31. The lowest BCUT2D eigenvalue weighted by molar-refractivity contribution is 0.0696. The zero-order valence-electron chi connectivity index (χ0n) is 13.4. The molecule has 0 radical (unpaired) electrons. The topological polar surface area (TPSA) is 65.2 Å². The van der Waals surface area contributed by atoms with Crippen LogP contribution in [0.4, 0.5) is 0 Å². The van der Waals surface area contributed by atoms with E-state index in [9.17, 15) is 9.59 Å². The van der Waals surface area contributed by atoms with Crippen molar-refractivity contribution < 1.29 is 9.59 Å². The molecule has 1 aromatic rings. The molecule has 5 nitrogen and oxygen atoms in total. The van der Waals surface area contributed by atoms with Crippen molar-refractivity contribution in [3.8, 4) is 0 Å². The second kappa shape index (κ2) is 6.43. The molecule has 2 N–H and O–H groups in total. The molecule has 5 heteroatoms. The summed E-state index contributed by atoms with van der Waals surface area (Å²) in [6.07, 6.45) is 2.63. The first-order valence-electron chi connectivity index (χ1n) is 7.67. The number of piperidine rings is 1. The molecule has 1 aliphatic rings. The molecule has 0 aromatic carbocycles. The molecule has 0 bridgehead atoms. The van der Waals surface area contributed by atoms with E-state index >= 15 is 0 Å². The zero-order valence-corrected chi connectivity index (χ0v) is 13.4. The van der Waals surface area contributed by atoms with Gasteiger partial charge in [0.05, 0.1) is 0 Å². The van der Waals surface area contributed by atoms with Gasteiger partial charge in [0.1, 0.15) is 5.69 Å². The van der Waals surface area contributed by atoms with E-state index in [4.69, 9.17) is 0 Å². The predicted octanol–water partition coefficient (Wildman–Crippen LogP) is 1.91. The first-order chi connectivity index (χ1) is 9.97. The molecule has 2 rings (SSSR count). The highest BCUT2D eigenvalue weighted by Crippen LogP contribution is 2.23. The van der Waals surface area contributed by atoms with Crippen LogP contribution in [0.3, 0.4) is 0 Å². The van der Waals surface area contributed by atoms with Gasteiger partial charge in [-0.15, -0.1) is 0 Å². The van der Waals surface area contributed by atoms with Crippen molar-refractivity contribution in [1.29, 1.82) is 0 Å². The van der Waals surface area contributed by atoms with Crippen LogP contribution in [0.2, 0.25) is 0 Å². The number of aryl methyl sites for hydroxylation is 1. The molecule has 0 aliphatic carbocycles. The molecule has 1 aromatic heterocycles. The maximum atomic E-state index is 12.8. The van der Waals surface area contributed by atoms with Gasteiger partial charge in [-0.3, -0.25) is 9.59 Å². The van der Waals surface area contributed by atoms with Gasteiger partial charge in [-0.25, -0.2) is 0 Å². The Bertz CT molecular complexity index is 542. The normalized spacial score (nSPS) is 16.0. The van der Waals surface area contributed by atoms with Crippen LogP contribution in [-0.2, 0) is 6.42 Å². The van der Waals surface area contributed by atoms with Crippen molar-refractivity contribution in [2.24, 2.45) is 0 Å². The quantitative estimate of drug-likeness (QED) is 0.833. The molecule has 0 unspecified atom stereocenters. The van der Waals surface area contributed by atoms with Gasteiger partial charge in [0, 0.05) is 24.3 Å². The molecule has 0 atom stereocenters. The minimum Gasteiger partial charge on any atom is -0.354 e. The van der Waals surface area contributed by atoms with E-state index in [-0.39, 0.29) is 17.7 Å². The summed E-state index contributed by atoms with van der Waals surface area (Å²) in [5.41, 5.74) is 2.91. The number of carbonyl (C=O) groups excluding carboxylic acids is 2. The Hall–Kier alpha value is -1.62. The molecule has 0 spiro atoms. The smallest absolute Gasteiger partial charge is 0.270 e. The summed E-state index contributed by atoms with van der Waals surface area (Å²) in [6.45, 7) is 7.30. The fourth-order valence-electron chi connectivity index (χ4n) is 3.23. The number of aromatic nitrogens is 1. The van der Waals surface area contributed by atoms with Crippen molar-refractivity contribution in [1.82, 2.24) is 15.2 Å². The fraction of sp³-hybridized carbons (Fsp3) is 0.625. The number of hydrogen-bond acceptors (Lipinski definition) is 3. The van der Waals surface area contributed by atoms with E-state index in [0.717, 1.165) is 37.2 Å². The summed E-state index contributed by atoms with van der Waals surface area (Å²) in [6, 6.07) is 0.271. The van der Waals surface area contributed by atoms with Gasteiger partial charge in [0.2, 0.25) is 0 Å². The third kappa shape index (κ3) is 3.02. The summed E-state index contributed by atoms with van der Waals surface area (Å²) in [7, 11) is 1.86. The average Bonchev–Trinajstić information content (AvgIpc) is 2.83. The molecular formula is C16H25N3O2. The number of carbonyl (C=O) groups is 2. The van der Waals surface area contributed by atoms with Gasteiger partial charge < -0.3 is 15.2 Å². The van der Waals surface area contributed by atoms with Crippen LogP contribution in [0.15, 0.2) is 0 Å². The van der Waals surface area contributed by atoms with Gasteiger partial charge in [0.25, 0.3) is 5.91 Å². The monoisotopic (exact) mass is 291 g/mol. The first-order valence-corrected chi connectivity index (χ1v) is 7.67. The number of Topliss-reactive ketones (excluding diaryl/α,β-unsaturated/α-hetero) is 1. The first kappa shape index (κ1) is 15.8. The van der Waals surface area contributed by atoms with E-state index in [2.05, 4.69) is 10.3 Å². The van der Waals surface area contributed by atoms with Gasteiger partial charge in [0.15, 0.2) is 5.78 Å². The van der Waals surface area contributed by atoms with Gasteiger partial charge in [-0.05, 0) is 51.8 Å². The zero-order chi connectivity index (χ0) is 15.6. The number of ketones is 1. The Morgan fingerprint density at radius 3 is 2.43 bits per heavy atom. The highest BCUT2D eigenvalue weighted by atomic mass is 16.2. The number of nitrogens with one attached hydrogen (secondary N) is 2. The number of hydrogen-bond donors (Lipinski definition) is 2. The van der Waals surface area contributed by atoms with Gasteiger partial charge >= 0.3 is 0 Å².